The summed E-state index contributed by atoms with van der Waals surface area (Å²) in [4.78, 5) is 15.5. The fourth-order valence-corrected chi connectivity index (χ4v) is 6.49. The summed E-state index contributed by atoms with van der Waals surface area (Å²) in [6.45, 7) is 3.26. The van der Waals surface area contributed by atoms with E-state index in [0.717, 1.165) is 56.5 Å². The Bertz CT molecular complexity index is 463. The number of nitrogens with zero attached hydrogens (tertiary/aromatic N) is 1. The van der Waals surface area contributed by atoms with Crippen molar-refractivity contribution in [3.8, 4) is 0 Å². The van der Waals surface area contributed by atoms with Crippen molar-refractivity contribution in [3.05, 3.63) is 0 Å². The van der Waals surface area contributed by atoms with Crippen LogP contribution in [0.5, 0.6) is 0 Å². The third kappa shape index (κ3) is 3.00. The maximum absolute atomic E-state index is 13.2. The Kier molecular flexibility index (Phi) is 5.11. The number of piperidine rings is 1. The lowest BCUT2D eigenvalue weighted by Gasteiger charge is -2.45. The number of carbonyl (C=O) groups is 1. The van der Waals surface area contributed by atoms with E-state index >= 15 is 0 Å². The van der Waals surface area contributed by atoms with Crippen LogP contribution in [0.15, 0.2) is 0 Å². The molecule has 1 N–H and O–H groups in total. The van der Waals surface area contributed by atoms with Gasteiger partial charge in [0, 0.05) is 36.0 Å². The van der Waals surface area contributed by atoms with Gasteiger partial charge in [-0.25, -0.2) is 0 Å². The smallest absolute Gasteiger partial charge is 0.225 e. The van der Waals surface area contributed by atoms with Gasteiger partial charge in [-0.3, -0.25) is 4.79 Å². The second-order valence-electron chi connectivity index (χ2n) is 8.66. The van der Waals surface area contributed by atoms with Gasteiger partial charge in [0.05, 0.1) is 0 Å². The number of nitrogens with one attached hydrogen (secondary N) is 1. The molecule has 2 aliphatic carbocycles. The zero-order valence-electron chi connectivity index (χ0n) is 15.1. The quantitative estimate of drug-likeness (QED) is 0.763. The van der Waals surface area contributed by atoms with Gasteiger partial charge in [-0.05, 0) is 63.2 Å². The molecule has 2 saturated heterocycles. The Morgan fingerprint density at radius 1 is 1.04 bits per heavy atom. The topological polar surface area (TPSA) is 32.3 Å². The van der Waals surface area contributed by atoms with Crippen molar-refractivity contribution in [2.24, 2.45) is 17.8 Å². The molecule has 3 nitrogen and oxygen atoms in total. The standard InChI is InChI=1S/C20H33ClN2O/c1-2-18-19-16(15-5-3-4-6-17(15)22-19)11-12-23(18)20(24)13-7-9-14(21)10-8-13/h13-19,22H,2-12H2,1H3. The van der Waals surface area contributed by atoms with E-state index in [1.807, 2.05) is 0 Å². The van der Waals surface area contributed by atoms with Gasteiger partial charge in [-0.15, -0.1) is 11.6 Å². The first-order valence-electron chi connectivity index (χ1n) is 10.4. The molecular weight excluding hydrogens is 320 g/mol. The van der Waals surface area contributed by atoms with Crippen LogP contribution in [0.3, 0.4) is 0 Å². The summed E-state index contributed by atoms with van der Waals surface area (Å²) >= 11 is 6.24. The summed E-state index contributed by atoms with van der Waals surface area (Å²) in [6, 6.07) is 1.69. The Morgan fingerprint density at radius 2 is 1.79 bits per heavy atom. The second kappa shape index (κ2) is 7.15. The largest absolute Gasteiger partial charge is 0.338 e. The maximum Gasteiger partial charge on any atom is 0.225 e. The Balaban J connectivity index is 1.46. The molecule has 0 aromatic heterocycles. The number of alkyl halides is 1. The van der Waals surface area contributed by atoms with Gasteiger partial charge < -0.3 is 10.2 Å². The molecule has 4 rings (SSSR count). The average molecular weight is 353 g/mol. The van der Waals surface area contributed by atoms with Gasteiger partial charge in [-0.2, -0.15) is 0 Å². The van der Waals surface area contributed by atoms with Crippen molar-refractivity contribution >= 4 is 17.5 Å². The normalized spacial score (nSPS) is 45.6. The predicted octanol–water partition coefficient (Wildman–Crippen LogP) is 3.94. The van der Waals surface area contributed by atoms with E-state index in [9.17, 15) is 4.79 Å². The predicted molar refractivity (Wildman–Crippen MR) is 98.2 cm³/mol. The summed E-state index contributed by atoms with van der Waals surface area (Å²) in [7, 11) is 0. The molecular formula is C20H33ClN2O. The van der Waals surface area contributed by atoms with E-state index in [2.05, 4.69) is 17.1 Å². The minimum atomic E-state index is 0.231. The third-order valence-corrected chi connectivity index (χ3v) is 7.90. The van der Waals surface area contributed by atoms with Gasteiger partial charge in [0.25, 0.3) is 0 Å². The first-order valence-corrected chi connectivity index (χ1v) is 10.8. The minimum absolute atomic E-state index is 0.231. The number of amides is 1. The monoisotopic (exact) mass is 352 g/mol. The van der Waals surface area contributed by atoms with Crippen LogP contribution >= 0.6 is 11.6 Å². The van der Waals surface area contributed by atoms with E-state index in [1.54, 1.807) is 0 Å². The lowest BCUT2D eigenvalue weighted by Crippen LogP contribution is -2.58. The van der Waals surface area contributed by atoms with Crippen LogP contribution in [0.4, 0.5) is 0 Å². The zero-order chi connectivity index (χ0) is 16.7. The van der Waals surface area contributed by atoms with E-state index < -0.39 is 0 Å². The SMILES string of the molecule is CCC1C2NC3CCCCC3C2CCN1C(=O)C1CCC(Cl)CC1. The molecule has 0 aromatic carbocycles. The molecule has 4 heteroatoms. The van der Waals surface area contributed by atoms with E-state index in [4.69, 9.17) is 11.6 Å². The molecule has 2 aliphatic heterocycles. The zero-order valence-corrected chi connectivity index (χ0v) is 15.8. The highest BCUT2D eigenvalue weighted by Crippen LogP contribution is 2.44. The summed E-state index contributed by atoms with van der Waals surface area (Å²) in [5, 5.41) is 4.27. The molecule has 2 saturated carbocycles. The van der Waals surface area contributed by atoms with Crippen LogP contribution in [0.2, 0.25) is 0 Å². The van der Waals surface area contributed by atoms with Gasteiger partial charge in [0.15, 0.2) is 0 Å². The van der Waals surface area contributed by atoms with Crippen molar-refractivity contribution in [2.75, 3.05) is 6.54 Å². The second-order valence-corrected chi connectivity index (χ2v) is 9.27. The average Bonchev–Trinajstić information content (AvgIpc) is 2.99. The summed E-state index contributed by atoms with van der Waals surface area (Å²) in [6.07, 6.45) is 11.9. The molecule has 0 spiro atoms. The van der Waals surface area contributed by atoms with E-state index in [-0.39, 0.29) is 5.92 Å². The molecule has 5 atom stereocenters. The molecule has 2 heterocycles. The Morgan fingerprint density at radius 3 is 2.54 bits per heavy atom. The van der Waals surface area contributed by atoms with Crippen molar-refractivity contribution in [3.63, 3.8) is 0 Å². The van der Waals surface area contributed by atoms with Gasteiger partial charge in [-0.1, -0.05) is 19.8 Å². The van der Waals surface area contributed by atoms with Crippen molar-refractivity contribution in [2.45, 2.75) is 94.6 Å². The number of hydrogen-bond acceptors (Lipinski definition) is 2. The highest BCUT2D eigenvalue weighted by Gasteiger charge is 2.50. The van der Waals surface area contributed by atoms with E-state index in [0.29, 0.717) is 23.4 Å². The number of carbonyl (C=O) groups excluding carboxylic acids is 1. The highest BCUT2D eigenvalue weighted by atomic mass is 35.5. The van der Waals surface area contributed by atoms with Gasteiger partial charge >= 0.3 is 0 Å². The lowest BCUT2D eigenvalue weighted by atomic mass is 9.73. The first-order chi connectivity index (χ1) is 11.7. The molecule has 1 amide bonds. The fraction of sp³-hybridized carbons (Fsp3) is 0.950. The fourth-order valence-electron chi connectivity index (χ4n) is 6.24. The number of likely N-dealkylation sites (tertiary alicyclic amines) is 1. The number of fused-ring (bicyclic) bond motifs is 3. The van der Waals surface area contributed by atoms with Gasteiger partial charge in [0.1, 0.15) is 0 Å². The van der Waals surface area contributed by atoms with Crippen LogP contribution in [0.25, 0.3) is 0 Å². The molecule has 0 radical (unpaired) electrons. The summed E-state index contributed by atoms with van der Waals surface area (Å²) in [5.41, 5.74) is 0. The van der Waals surface area contributed by atoms with Crippen LogP contribution in [-0.2, 0) is 4.79 Å². The third-order valence-electron chi connectivity index (χ3n) is 7.46. The number of hydrogen-bond donors (Lipinski definition) is 1. The van der Waals surface area contributed by atoms with Crippen LogP contribution in [-0.4, -0.2) is 40.9 Å². The Labute approximate surface area is 151 Å². The summed E-state index contributed by atoms with van der Waals surface area (Å²) in [5.74, 6) is 2.35. The highest BCUT2D eigenvalue weighted by molar-refractivity contribution is 6.20. The molecule has 0 bridgehead atoms. The first kappa shape index (κ1) is 17.1. The number of halogens is 1. The summed E-state index contributed by atoms with van der Waals surface area (Å²) < 4.78 is 0. The van der Waals surface area contributed by atoms with Crippen molar-refractivity contribution < 1.29 is 4.79 Å². The van der Waals surface area contributed by atoms with Crippen LogP contribution in [0.1, 0.15) is 71.1 Å². The van der Waals surface area contributed by atoms with Crippen molar-refractivity contribution in [1.29, 1.82) is 0 Å². The van der Waals surface area contributed by atoms with Crippen molar-refractivity contribution in [1.82, 2.24) is 10.2 Å². The molecule has 4 aliphatic rings. The molecule has 0 aromatic rings. The number of rotatable bonds is 2. The van der Waals surface area contributed by atoms with Crippen LogP contribution in [0, 0.1) is 17.8 Å². The van der Waals surface area contributed by atoms with Gasteiger partial charge in [0.2, 0.25) is 5.91 Å². The lowest BCUT2D eigenvalue weighted by molar-refractivity contribution is -0.142. The molecule has 4 fully saturated rings. The van der Waals surface area contributed by atoms with Crippen LogP contribution < -0.4 is 5.32 Å². The molecule has 24 heavy (non-hydrogen) atoms. The molecule has 136 valence electrons. The molecule has 5 unspecified atom stereocenters. The minimum Gasteiger partial charge on any atom is -0.338 e. The Hall–Kier alpha value is -0.280. The maximum atomic E-state index is 13.2. The van der Waals surface area contributed by atoms with E-state index in [1.165, 1.54) is 32.1 Å².